The van der Waals surface area contributed by atoms with E-state index >= 15 is 0 Å². The van der Waals surface area contributed by atoms with E-state index in [0.29, 0.717) is 11.3 Å². The van der Waals surface area contributed by atoms with Crippen LogP contribution in [0.15, 0.2) is 96.3 Å². The molecule has 0 aliphatic carbocycles. The average molecular weight is 481 g/mol. The molecule has 0 bridgehead atoms. The second kappa shape index (κ2) is 12.7. The van der Waals surface area contributed by atoms with Gasteiger partial charge < -0.3 is 9.84 Å². The molecular formula is C33H36O3. The third-order valence-corrected chi connectivity index (χ3v) is 6.47. The van der Waals surface area contributed by atoms with Crippen LogP contribution in [0.25, 0.3) is 11.1 Å². The number of allylic oxidation sites excluding steroid dienone is 5. The van der Waals surface area contributed by atoms with E-state index in [1.54, 1.807) is 6.92 Å². The molecule has 36 heavy (non-hydrogen) atoms. The van der Waals surface area contributed by atoms with Crippen LogP contribution in [0.3, 0.4) is 0 Å². The number of carbonyl (C=O) groups is 1. The maximum absolute atomic E-state index is 11.9. The van der Waals surface area contributed by atoms with Gasteiger partial charge in [0, 0.05) is 5.57 Å². The molecule has 0 amide bonds. The number of methoxy groups -OCH3 is 1. The Bertz CT molecular complexity index is 1270. The van der Waals surface area contributed by atoms with Crippen LogP contribution >= 0.6 is 0 Å². The molecule has 0 heterocycles. The SMILES string of the molecule is C/C=C(C)\C(=C(\C)O)c1ccc(/C(=C\CCCc2ccccc2)c2ccc(C(=O)OC)cc2)c(C)c1. The van der Waals surface area contributed by atoms with Crippen molar-refractivity contribution in [3.8, 4) is 0 Å². The molecule has 0 aromatic heterocycles. The highest BCUT2D eigenvalue weighted by molar-refractivity contribution is 5.91. The standard InChI is InChI=1S/C33H36O3/c1-6-23(2)32(25(4)34)29-20-21-30(24(3)22-29)31(15-11-10-14-26-12-8-7-9-13-26)27-16-18-28(19-17-27)33(35)36-5/h6-9,12-13,15-22,34H,10-11,14H2,1-5H3/b23-6-,31-15-,32-25+. The van der Waals surface area contributed by atoms with Gasteiger partial charge in [-0.05, 0) is 98.1 Å². The molecule has 0 spiro atoms. The minimum atomic E-state index is -0.339. The van der Waals surface area contributed by atoms with E-state index in [9.17, 15) is 9.90 Å². The van der Waals surface area contributed by atoms with Gasteiger partial charge in [0.25, 0.3) is 0 Å². The lowest BCUT2D eigenvalue weighted by Gasteiger charge is -2.16. The van der Waals surface area contributed by atoms with Gasteiger partial charge >= 0.3 is 5.97 Å². The number of aryl methyl sites for hydroxylation is 2. The molecule has 3 aromatic carbocycles. The van der Waals surface area contributed by atoms with E-state index in [2.05, 4.69) is 55.5 Å². The van der Waals surface area contributed by atoms with Crippen LogP contribution in [-0.4, -0.2) is 18.2 Å². The first kappa shape index (κ1) is 26.7. The maximum Gasteiger partial charge on any atom is 0.337 e. The van der Waals surface area contributed by atoms with Crippen LogP contribution in [0.5, 0.6) is 0 Å². The fourth-order valence-electron chi connectivity index (χ4n) is 4.47. The van der Waals surface area contributed by atoms with Crippen molar-refractivity contribution in [3.05, 3.63) is 130 Å². The van der Waals surface area contributed by atoms with Gasteiger partial charge in [-0.3, -0.25) is 0 Å². The highest BCUT2D eigenvalue weighted by Crippen LogP contribution is 2.32. The molecule has 0 atom stereocenters. The Morgan fingerprint density at radius 2 is 1.56 bits per heavy atom. The Kier molecular flexibility index (Phi) is 9.46. The van der Waals surface area contributed by atoms with Gasteiger partial charge in [-0.1, -0.05) is 72.8 Å². The summed E-state index contributed by atoms with van der Waals surface area (Å²) in [5, 5.41) is 10.3. The molecule has 0 fully saturated rings. The summed E-state index contributed by atoms with van der Waals surface area (Å²) in [5.41, 5.74) is 9.23. The number of benzene rings is 3. The number of rotatable bonds is 9. The minimum Gasteiger partial charge on any atom is -0.512 e. The van der Waals surface area contributed by atoms with Gasteiger partial charge in [0.15, 0.2) is 0 Å². The summed E-state index contributed by atoms with van der Waals surface area (Å²) >= 11 is 0. The Morgan fingerprint density at radius 1 is 0.917 bits per heavy atom. The number of unbranched alkanes of at least 4 members (excludes halogenated alkanes) is 1. The van der Waals surface area contributed by atoms with Crippen molar-refractivity contribution in [1.29, 1.82) is 0 Å². The summed E-state index contributed by atoms with van der Waals surface area (Å²) in [6.45, 7) is 7.83. The average Bonchev–Trinajstić information content (AvgIpc) is 2.89. The molecule has 0 unspecified atom stereocenters. The quantitative estimate of drug-likeness (QED) is 0.145. The van der Waals surface area contributed by atoms with Gasteiger partial charge in [0.2, 0.25) is 0 Å². The number of aliphatic hydroxyl groups is 1. The molecule has 0 aliphatic rings. The Labute approximate surface area is 215 Å². The van der Waals surface area contributed by atoms with E-state index in [4.69, 9.17) is 4.74 Å². The zero-order chi connectivity index (χ0) is 26.1. The number of hydrogen-bond donors (Lipinski definition) is 1. The number of aliphatic hydroxyl groups excluding tert-OH is 1. The second-order valence-corrected chi connectivity index (χ2v) is 9.03. The Morgan fingerprint density at radius 3 is 2.14 bits per heavy atom. The van der Waals surface area contributed by atoms with Crippen molar-refractivity contribution in [3.63, 3.8) is 0 Å². The van der Waals surface area contributed by atoms with E-state index in [0.717, 1.165) is 58.2 Å². The predicted molar refractivity (Wildman–Crippen MR) is 150 cm³/mol. The summed E-state index contributed by atoms with van der Waals surface area (Å²) in [6, 6.07) is 24.5. The summed E-state index contributed by atoms with van der Waals surface area (Å²) < 4.78 is 4.86. The molecule has 3 nitrogen and oxygen atoms in total. The number of ether oxygens (including phenoxy) is 1. The second-order valence-electron chi connectivity index (χ2n) is 9.03. The van der Waals surface area contributed by atoms with Crippen LogP contribution in [0.2, 0.25) is 0 Å². The lowest BCUT2D eigenvalue weighted by molar-refractivity contribution is 0.0600. The van der Waals surface area contributed by atoms with Crippen molar-refractivity contribution < 1.29 is 14.6 Å². The minimum absolute atomic E-state index is 0.313. The number of carbonyl (C=O) groups excluding carboxylic acids is 1. The van der Waals surface area contributed by atoms with Gasteiger partial charge in [0.1, 0.15) is 0 Å². The molecule has 3 rings (SSSR count). The van der Waals surface area contributed by atoms with E-state index < -0.39 is 0 Å². The lowest BCUT2D eigenvalue weighted by atomic mass is 9.89. The molecule has 0 radical (unpaired) electrons. The van der Waals surface area contributed by atoms with Gasteiger partial charge in [-0.25, -0.2) is 4.79 Å². The van der Waals surface area contributed by atoms with Gasteiger partial charge in [0.05, 0.1) is 18.4 Å². The van der Waals surface area contributed by atoms with Crippen LogP contribution in [0, 0.1) is 6.92 Å². The summed E-state index contributed by atoms with van der Waals surface area (Å²) in [6.07, 6.45) is 7.31. The Hall–Kier alpha value is -3.85. The molecule has 0 saturated carbocycles. The first-order valence-electron chi connectivity index (χ1n) is 12.4. The van der Waals surface area contributed by atoms with Crippen molar-refractivity contribution in [2.45, 2.75) is 47.0 Å². The molecule has 0 saturated heterocycles. The summed E-state index contributed by atoms with van der Waals surface area (Å²) in [7, 11) is 1.39. The smallest absolute Gasteiger partial charge is 0.337 e. The number of esters is 1. The van der Waals surface area contributed by atoms with Crippen LogP contribution in [-0.2, 0) is 11.2 Å². The van der Waals surface area contributed by atoms with Crippen LogP contribution in [0.1, 0.15) is 71.8 Å². The van der Waals surface area contributed by atoms with Gasteiger partial charge in [-0.15, -0.1) is 0 Å². The molecule has 1 N–H and O–H groups in total. The molecule has 3 heteroatoms. The van der Waals surface area contributed by atoms with Crippen LogP contribution in [0.4, 0.5) is 0 Å². The maximum atomic E-state index is 11.9. The predicted octanol–water partition coefficient (Wildman–Crippen LogP) is 8.49. The normalized spacial score (nSPS) is 12.8. The third kappa shape index (κ3) is 6.63. The largest absolute Gasteiger partial charge is 0.512 e. The van der Waals surface area contributed by atoms with E-state index in [1.807, 2.05) is 50.3 Å². The summed E-state index contributed by atoms with van der Waals surface area (Å²) in [4.78, 5) is 11.9. The van der Waals surface area contributed by atoms with Crippen molar-refractivity contribution >= 4 is 17.1 Å². The van der Waals surface area contributed by atoms with Crippen LogP contribution < -0.4 is 0 Å². The first-order valence-corrected chi connectivity index (χ1v) is 12.4. The fourth-order valence-corrected chi connectivity index (χ4v) is 4.47. The van der Waals surface area contributed by atoms with E-state index in [-0.39, 0.29) is 5.97 Å². The number of hydrogen-bond acceptors (Lipinski definition) is 3. The fraction of sp³-hybridized carbons (Fsp3) is 0.242. The van der Waals surface area contributed by atoms with Crippen molar-refractivity contribution in [2.24, 2.45) is 0 Å². The zero-order valence-electron chi connectivity index (χ0n) is 22.0. The topological polar surface area (TPSA) is 46.5 Å². The van der Waals surface area contributed by atoms with E-state index in [1.165, 1.54) is 12.7 Å². The summed E-state index contributed by atoms with van der Waals surface area (Å²) in [5.74, 6) is -0.0265. The third-order valence-electron chi connectivity index (χ3n) is 6.47. The monoisotopic (exact) mass is 480 g/mol. The zero-order valence-corrected chi connectivity index (χ0v) is 22.0. The molecular weight excluding hydrogens is 444 g/mol. The molecule has 3 aromatic rings. The van der Waals surface area contributed by atoms with Gasteiger partial charge in [-0.2, -0.15) is 0 Å². The molecule has 186 valence electrons. The highest BCUT2D eigenvalue weighted by atomic mass is 16.5. The first-order chi connectivity index (χ1) is 17.3. The molecule has 0 aliphatic heterocycles. The van der Waals surface area contributed by atoms with Crippen molar-refractivity contribution in [2.75, 3.05) is 7.11 Å². The Balaban J connectivity index is 1.98. The highest BCUT2D eigenvalue weighted by Gasteiger charge is 2.14. The lowest BCUT2D eigenvalue weighted by Crippen LogP contribution is -2.01. The van der Waals surface area contributed by atoms with Crippen molar-refractivity contribution in [1.82, 2.24) is 0 Å².